The molecule has 1 saturated heterocycles. The van der Waals surface area contributed by atoms with E-state index in [0.29, 0.717) is 31.9 Å². The summed E-state index contributed by atoms with van der Waals surface area (Å²) in [6.45, 7) is 2.04. The zero-order valence-electron chi connectivity index (χ0n) is 15.8. The molecule has 1 aliphatic heterocycles. The smallest absolute Gasteiger partial charge is 0.293 e. The Balaban J connectivity index is 1.59. The number of ether oxygens (including phenoxy) is 1. The highest BCUT2D eigenvalue weighted by Gasteiger charge is 2.28. The zero-order chi connectivity index (χ0) is 20.4. The van der Waals surface area contributed by atoms with E-state index in [0.717, 1.165) is 0 Å². The molecule has 0 amide bonds. The van der Waals surface area contributed by atoms with Gasteiger partial charge in [0.15, 0.2) is 5.82 Å². The molecule has 10 nitrogen and oxygen atoms in total. The third-order valence-corrected chi connectivity index (χ3v) is 4.89. The molecule has 0 bridgehead atoms. The Bertz CT molecular complexity index is 1030. The van der Waals surface area contributed by atoms with Crippen molar-refractivity contribution in [3.8, 4) is 0 Å². The number of anilines is 1. The van der Waals surface area contributed by atoms with Gasteiger partial charge in [0.25, 0.3) is 5.69 Å². The van der Waals surface area contributed by atoms with E-state index in [1.807, 2.05) is 17.2 Å². The molecule has 0 radical (unpaired) electrons. The number of nitrogens with zero attached hydrogens (tertiary/aromatic N) is 6. The minimum absolute atomic E-state index is 0.107. The number of carbonyl (C=O) groups excluding carboxylic acids is 1. The lowest BCUT2D eigenvalue weighted by Crippen LogP contribution is -2.44. The van der Waals surface area contributed by atoms with E-state index in [9.17, 15) is 14.9 Å². The van der Waals surface area contributed by atoms with Crippen LogP contribution in [-0.2, 0) is 18.3 Å². The first-order chi connectivity index (χ1) is 14.0. The lowest BCUT2D eigenvalue weighted by Gasteiger charge is -2.34. The summed E-state index contributed by atoms with van der Waals surface area (Å²) >= 11 is 0. The van der Waals surface area contributed by atoms with Crippen LogP contribution in [0.1, 0.15) is 16.2 Å². The van der Waals surface area contributed by atoms with Gasteiger partial charge in [0.2, 0.25) is 5.78 Å². The predicted octanol–water partition coefficient (Wildman–Crippen LogP) is 1.66. The van der Waals surface area contributed by atoms with Crippen molar-refractivity contribution in [1.29, 1.82) is 0 Å². The second-order valence-corrected chi connectivity index (χ2v) is 6.82. The van der Waals surface area contributed by atoms with Crippen LogP contribution < -0.4 is 4.90 Å². The highest BCUT2D eigenvalue weighted by Crippen LogP contribution is 2.31. The summed E-state index contributed by atoms with van der Waals surface area (Å²) in [7, 11) is 1.70. The number of carbonyl (C=O) groups is 1. The molecule has 1 fully saturated rings. The van der Waals surface area contributed by atoms with Gasteiger partial charge in [-0.25, -0.2) is 4.98 Å². The first kappa shape index (κ1) is 18.8. The minimum Gasteiger partial charge on any atom is -0.373 e. The van der Waals surface area contributed by atoms with E-state index >= 15 is 0 Å². The van der Waals surface area contributed by atoms with Gasteiger partial charge in [-0.05, 0) is 18.2 Å². The van der Waals surface area contributed by atoms with Crippen LogP contribution in [0.4, 0.5) is 11.4 Å². The van der Waals surface area contributed by atoms with Gasteiger partial charge in [-0.2, -0.15) is 5.10 Å². The number of hydrogen-bond acceptors (Lipinski definition) is 7. The largest absolute Gasteiger partial charge is 0.373 e. The maximum atomic E-state index is 12.7. The quantitative estimate of drug-likeness (QED) is 0.354. The Morgan fingerprint density at radius 1 is 1.34 bits per heavy atom. The van der Waals surface area contributed by atoms with Crippen LogP contribution in [0.25, 0.3) is 0 Å². The molecule has 150 valence electrons. The molecule has 2 aromatic heterocycles. The molecule has 0 N–H and O–H groups in total. The fourth-order valence-electron chi connectivity index (χ4n) is 3.46. The van der Waals surface area contributed by atoms with E-state index in [4.69, 9.17) is 4.74 Å². The van der Waals surface area contributed by atoms with Gasteiger partial charge in [-0.1, -0.05) is 0 Å². The van der Waals surface area contributed by atoms with Crippen molar-refractivity contribution in [2.24, 2.45) is 7.05 Å². The monoisotopic (exact) mass is 396 g/mol. The third-order valence-electron chi connectivity index (χ3n) is 4.89. The van der Waals surface area contributed by atoms with Crippen molar-refractivity contribution < 1.29 is 14.5 Å². The van der Waals surface area contributed by atoms with E-state index in [-0.39, 0.29) is 29.0 Å². The number of nitro groups is 1. The van der Waals surface area contributed by atoms with Crippen molar-refractivity contribution in [1.82, 2.24) is 19.3 Å². The number of hydrogen-bond donors (Lipinski definition) is 0. The molecule has 0 saturated carbocycles. The first-order valence-electron chi connectivity index (χ1n) is 9.17. The fourth-order valence-corrected chi connectivity index (χ4v) is 3.46. The Morgan fingerprint density at radius 3 is 2.90 bits per heavy atom. The maximum Gasteiger partial charge on any atom is 0.293 e. The number of morpholine rings is 1. The standard InChI is InChI=1S/C19H20N6O4/c1-22-8-6-20-19(22)18(26)14-3-4-16(17(11-14)25(27)28)23-9-10-29-15(12-23)13-24-7-2-5-21-24/h2-8,11,15H,9-10,12-13H2,1H3. The van der Waals surface area contributed by atoms with Gasteiger partial charge in [-0.3, -0.25) is 19.6 Å². The molecular weight excluding hydrogens is 376 g/mol. The van der Waals surface area contributed by atoms with Gasteiger partial charge in [-0.15, -0.1) is 0 Å². The molecule has 1 atom stereocenters. The van der Waals surface area contributed by atoms with Crippen molar-refractivity contribution in [3.05, 3.63) is 70.6 Å². The highest BCUT2D eigenvalue weighted by molar-refractivity contribution is 6.07. The molecule has 1 aromatic carbocycles. The van der Waals surface area contributed by atoms with Crippen LogP contribution in [0.2, 0.25) is 0 Å². The topological polar surface area (TPSA) is 108 Å². The van der Waals surface area contributed by atoms with E-state index in [1.54, 1.807) is 40.8 Å². The molecule has 29 heavy (non-hydrogen) atoms. The number of aromatic nitrogens is 4. The highest BCUT2D eigenvalue weighted by atomic mass is 16.6. The van der Waals surface area contributed by atoms with Crippen LogP contribution in [0.3, 0.4) is 0 Å². The molecule has 1 aliphatic rings. The minimum atomic E-state index is -0.456. The van der Waals surface area contributed by atoms with Gasteiger partial charge in [0.05, 0.1) is 24.2 Å². The summed E-state index contributed by atoms with van der Waals surface area (Å²) in [4.78, 5) is 29.9. The van der Waals surface area contributed by atoms with Crippen molar-refractivity contribution in [3.63, 3.8) is 0 Å². The Kier molecular flexibility index (Phi) is 5.09. The van der Waals surface area contributed by atoms with Gasteiger partial charge in [0, 0.05) is 56.6 Å². The Labute approximate surface area is 166 Å². The van der Waals surface area contributed by atoms with Crippen LogP contribution in [0, 0.1) is 10.1 Å². The van der Waals surface area contributed by atoms with Crippen molar-refractivity contribution in [2.75, 3.05) is 24.6 Å². The molecular formula is C19H20N6O4. The van der Waals surface area contributed by atoms with Crippen LogP contribution in [-0.4, -0.2) is 55.8 Å². The number of nitro benzene ring substituents is 1. The third kappa shape index (κ3) is 3.87. The summed E-state index contributed by atoms with van der Waals surface area (Å²) in [5.74, 6) is -0.122. The van der Waals surface area contributed by atoms with Crippen LogP contribution in [0.5, 0.6) is 0 Å². The number of aryl methyl sites for hydroxylation is 1. The summed E-state index contributed by atoms with van der Waals surface area (Å²) in [6, 6.07) is 6.40. The summed E-state index contributed by atoms with van der Waals surface area (Å²) in [5.41, 5.74) is 0.598. The second-order valence-electron chi connectivity index (χ2n) is 6.82. The summed E-state index contributed by atoms with van der Waals surface area (Å²) < 4.78 is 9.15. The van der Waals surface area contributed by atoms with Gasteiger partial charge in [0.1, 0.15) is 5.69 Å². The second kappa shape index (κ2) is 7.84. The number of ketones is 1. The van der Waals surface area contributed by atoms with E-state index in [2.05, 4.69) is 10.1 Å². The van der Waals surface area contributed by atoms with Crippen LogP contribution >= 0.6 is 0 Å². The molecule has 1 unspecified atom stereocenters. The number of benzene rings is 1. The lowest BCUT2D eigenvalue weighted by atomic mass is 10.1. The predicted molar refractivity (Wildman–Crippen MR) is 104 cm³/mol. The normalized spacial score (nSPS) is 16.7. The molecule has 0 aliphatic carbocycles. The average molecular weight is 396 g/mol. The van der Waals surface area contributed by atoms with Crippen LogP contribution in [0.15, 0.2) is 49.1 Å². The summed E-state index contributed by atoms with van der Waals surface area (Å²) in [5, 5.41) is 15.9. The molecule has 4 rings (SSSR count). The van der Waals surface area contributed by atoms with Gasteiger partial charge < -0.3 is 14.2 Å². The molecule has 10 heteroatoms. The van der Waals surface area contributed by atoms with Gasteiger partial charge >= 0.3 is 0 Å². The Hall–Kier alpha value is -3.53. The molecule has 0 spiro atoms. The molecule has 3 heterocycles. The average Bonchev–Trinajstić information content (AvgIpc) is 3.39. The van der Waals surface area contributed by atoms with E-state index in [1.165, 1.54) is 12.3 Å². The summed E-state index contributed by atoms with van der Waals surface area (Å²) in [6.07, 6.45) is 6.58. The molecule has 3 aromatic rings. The Morgan fingerprint density at radius 2 is 2.21 bits per heavy atom. The first-order valence-corrected chi connectivity index (χ1v) is 9.17. The number of imidazole rings is 1. The van der Waals surface area contributed by atoms with E-state index < -0.39 is 4.92 Å². The fraction of sp³-hybridized carbons (Fsp3) is 0.316. The zero-order valence-corrected chi connectivity index (χ0v) is 15.8. The maximum absolute atomic E-state index is 12.7. The van der Waals surface area contributed by atoms with Crippen molar-refractivity contribution >= 4 is 17.2 Å². The number of rotatable bonds is 6. The lowest BCUT2D eigenvalue weighted by molar-refractivity contribution is -0.384. The SMILES string of the molecule is Cn1ccnc1C(=O)c1ccc(N2CCOC(Cn3cccn3)C2)c([N+](=O)[O-])c1. The van der Waals surface area contributed by atoms with Crippen molar-refractivity contribution in [2.45, 2.75) is 12.6 Å².